The highest BCUT2D eigenvalue weighted by Crippen LogP contribution is 2.41. The van der Waals surface area contributed by atoms with Crippen molar-refractivity contribution >= 4 is 34.8 Å². The van der Waals surface area contributed by atoms with Crippen molar-refractivity contribution in [3.8, 4) is 0 Å². The average Bonchev–Trinajstić information content (AvgIpc) is 2.93. The molecule has 2 aliphatic rings. The Bertz CT molecular complexity index is 466. The lowest BCUT2D eigenvalue weighted by molar-refractivity contribution is 0.494. The molecule has 2 atom stereocenters. The molecule has 3 nitrogen and oxygen atoms in total. The zero-order valence-electron chi connectivity index (χ0n) is 11.1. The van der Waals surface area contributed by atoms with Crippen LogP contribution in [0.25, 0.3) is 0 Å². The van der Waals surface area contributed by atoms with Crippen LogP contribution in [0, 0.1) is 11.8 Å². The van der Waals surface area contributed by atoms with Crippen LogP contribution in [0.3, 0.4) is 0 Å². The van der Waals surface area contributed by atoms with Crippen molar-refractivity contribution in [2.45, 2.75) is 26.2 Å². The number of anilines is 2. The molecule has 1 saturated carbocycles. The number of hydrogen-bond acceptors (Lipinski definition) is 3. The van der Waals surface area contributed by atoms with Crippen molar-refractivity contribution in [1.82, 2.24) is 4.98 Å². The van der Waals surface area contributed by atoms with Crippen LogP contribution in [0.2, 0.25) is 10.0 Å². The van der Waals surface area contributed by atoms with Gasteiger partial charge in [0.25, 0.3) is 0 Å². The maximum absolute atomic E-state index is 6.32. The van der Waals surface area contributed by atoms with Crippen LogP contribution in [0.1, 0.15) is 26.2 Å². The van der Waals surface area contributed by atoms with Crippen LogP contribution in [0.5, 0.6) is 0 Å². The first kappa shape index (κ1) is 13.3. The van der Waals surface area contributed by atoms with E-state index in [1.54, 1.807) is 6.07 Å². The largest absolute Gasteiger partial charge is 0.369 e. The SMILES string of the molecule is CCNc1nc(N2CC3CCCC3C2)c(Cl)cc1Cl. The van der Waals surface area contributed by atoms with Gasteiger partial charge in [-0.1, -0.05) is 29.6 Å². The minimum Gasteiger partial charge on any atom is -0.369 e. The number of rotatable bonds is 3. The molecule has 1 aromatic rings. The lowest BCUT2D eigenvalue weighted by Gasteiger charge is -2.21. The summed E-state index contributed by atoms with van der Waals surface area (Å²) in [4.78, 5) is 6.95. The quantitative estimate of drug-likeness (QED) is 0.912. The molecule has 0 radical (unpaired) electrons. The van der Waals surface area contributed by atoms with Crippen LogP contribution in [-0.2, 0) is 0 Å². The van der Waals surface area contributed by atoms with Gasteiger partial charge in [0, 0.05) is 19.6 Å². The third kappa shape index (κ3) is 2.50. The van der Waals surface area contributed by atoms with Gasteiger partial charge in [0.1, 0.15) is 11.6 Å². The molecule has 0 aromatic carbocycles. The van der Waals surface area contributed by atoms with Crippen molar-refractivity contribution < 1.29 is 0 Å². The molecule has 1 N–H and O–H groups in total. The first-order chi connectivity index (χ1) is 9.19. The summed E-state index contributed by atoms with van der Waals surface area (Å²) in [6.07, 6.45) is 4.09. The number of nitrogens with zero attached hydrogens (tertiary/aromatic N) is 2. The van der Waals surface area contributed by atoms with E-state index in [1.807, 2.05) is 6.92 Å². The Hall–Kier alpha value is -0.670. The van der Waals surface area contributed by atoms with Crippen molar-refractivity contribution in [1.29, 1.82) is 0 Å². The fourth-order valence-corrected chi connectivity index (χ4v) is 3.92. The molecule has 1 aliphatic heterocycles. The van der Waals surface area contributed by atoms with E-state index >= 15 is 0 Å². The molecule has 2 heterocycles. The summed E-state index contributed by atoms with van der Waals surface area (Å²) >= 11 is 12.5. The summed E-state index contributed by atoms with van der Waals surface area (Å²) in [6.45, 7) is 5.01. The fraction of sp³-hybridized carbons (Fsp3) is 0.643. The van der Waals surface area contributed by atoms with Gasteiger partial charge in [0.15, 0.2) is 0 Å². The van der Waals surface area contributed by atoms with Crippen LogP contribution in [0.15, 0.2) is 6.07 Å². The summed E-state index contributed by atoms with van der Waals surface area (Å²) in [5, 5.41) is 4.44. The number of hydrogen-bond donors (Lipinski definition) is 1. The zero-order chi connectivity index (χ0) is 13.4. The number of pyridine rings is 1. The third-order valence-electron chi connectivity index (χ3n) is 4.28. The average molecular weight is 300 g/mol. The van der Waals surface area contributed by atoms with E-state index in [1.165, 1.54) is 19.3 Å². The van der Waals surface area contributed by atoms with Gasteiger partial charge in [-0.2, -0.15) is 0 Å². The Balaban J connectivity index is 1.86. The molecule has 19 heavy (non-hydrogen) atoms. The molecule has 5 heteroatoms. The molecular formula is C14H19Cl2N3. The highest BCUT2D eigenvalue weighted by atomic mass is 35.5. The van der Waals surface area contributed by atoms with Crippen molar-refractivity contribution in [3.63, 3.8) is 0 Å². The second-order valence-electron chi connectivity index (χ2n) is 5.51. The summed E-state index contributed by atoms with van der Waals surface area (Å²) in [6, 6.07) is 1.80. The maximum atomic E-state index is 6.32. The molecule has 2 unspecified atom stereocenters. The normalized spacial score (nSPS) is 25.7. The minimum absolute atomic E-state index is 0.593. The van der Waals surface area contributed by atoms with Gasteiger partial charge < -0.3 is 10.2 Å². The molecule has 1 aromatic heterocycles. The van der Waals surface area contributed by atoms with Gasteiger partial charge in [-0.05, 0) is 37.7 Å². The molecular weight excluding hydrogens is 281 g/mol. The van der Waals surface area contributed by atoms with Gasteiger partial charge in [-0.25, -0.2) is 4.98 Å². The predicted molar refractivity (Wildman–Crippen MR) is 81.5 cm³/mol. The van der Waals surface area contributed by atoms with Gasteiger partial charge >= 0.3 is 0 Å². The van der Waals surface area contributed by atoms with Crippen LogP contribution in [-0.4, -0.2) is 24.6 Å². The fourth-order valence-electron chi connectivity index (χ4n) is 3.38. The molecule has 1 saturated heterocycles. The van der Waals surface area contributed by atoms with E-state index in [4.69, 9.17) is 23.2 Å². The summed E-state index contributed by atoms with van der Waals surface area (Å²) in [7, 11) is 0. The van der Waals surface area contributed by atoms with Crippen LogP contribution >= 0.6 is 23.2 Å². The van der Waals surface area contributed by atoms with Crippen LogP contribution < -0.4 is 10.2 Å². The number of nitrogens with one attached hydrogen (secondary N) is 1. The van der Waals surface area contributed by atoms with Crippen molar-refractivity contribution in [2.24, 2.45) is 11.8 Å². The maximum Gasteiger partial charge on any atom is 0.149 e. The van der Waals surface area contributed by atoms with E-state index in [-0.39, 0.29) is 0 Å². The summed E-state index contributed by atoms with van der Waals surface area (Å²) in [5.74, 6) is 3.28. The number of fused-ring (bicyclic) bond motifs is 1. The molecule has 3 rings (SSSR count). The standard InChI is InChI=1S/C14H19Cl2N3/c1-2-17-13-11(15)6-12(16)14(18-13)19-7-9-4-3-5-10(9)8-19/h6,9-10H,2-5,7-8H2,1H3,(H,17,18). The second kappa shape index (κ2) is 5.37. The number of aromatic nitrogens is 1. The Morgan fingerprint density at radius 3 is 2.58 bits per heavy atom. The molecule has 2 fully saturated rings. The van der Waals surface area contributed by atoms with E-state index in [2.05, 4.69) is 15.2 Å². The third-order valence-corrected chi connectivity index (χ3v) is 4.85. The Morgan fingerprint density at radius 2 is 1.95 bits per heavy atom. The zero-order valence-corrected chi connectivity index (χ0v) is 12.6. The van der Waals surface area contributed by atoms with Crippen LogP contribution in [0.4, 0.5) is 11.6 Å². The van der Waals surface area contributed by atoms with Crippen molar-refractivity contribution in [3.05, 3.63) is 16.1 Å². The van der Waals surface area contributed by atoms with Gasteiger partial charge in [0.2, 0.25) is 0 Å². The first-order valence-corrected chi connectivity index (χ1v) is 7.79. The van der Waals surface area contributed by atoms with E-state index < -0.39 is 0 Å². The van der Waals surface area contributed by atoms with Gasteiger partial charge in [-0.3, -0.25) is 0 Å². The molecule has 0 amide bonds. The lowest BCUT2D eigenvalue weighted by atomic mass is 10.0. The van der Waals surface area contributed by atoms with Gasteiger partial charge in [0.05, 0.1) is 10.0 Å². The summed E-state index contributed by atoms with van der Waals surface area (Å²) < 4.78 is 0. The Labute approximate surface area is 124 Å². The monoisotopic (exact) mass is 299 g/mol. The Kier molecular flexibility index (Phi) is 3.77. The number of halogens is 2. The Morgan fingerprint density at radius 1 is 1.26 bits per heavy atom. The van der Waals surface area contributed by atoms with Gasteiger partial charge in [-0.15, -0.1) is 0 Å². The lowest BCUT2D eigenvalue weighted by Crippen LogP contribution is -2.22. The van der Waals surface area contributed by atoms with E-state index in [0.717, 1.165) is 43.1 Å². The van der Waals surface area contributed by atoms with Crippen molar-refractivity contribution in [2.75, 3.05) is 29.9 Å². The first-order valence-electron chi connectivity index (χ1n) is 7.04. The molecule has 104 valence electrons. The summed E-state index contributed by atoms with van der Waals surface area (Å²) in [5.41, 5.74) is 0. The van der Waals surface area contributed by atoms with E-state index in [0.29, 0.717) is 10.0 Å². The highest BCUT2D eigenvalue weighted by Gasteiger charge is 2.37. The second-order valence-corrected chi connectivity index (χ2v) is 6.33. The highest BCUT2D eigenvalue weighted by molar-refractivity contribution is 6.37. The topological polar surface area (TPSA) is 28.2 Å². The molecule has 0 spiro atoms. The van der Waals surface area contributed by atoms with E-state index in [9.17, 15) is 0 Å². The molecule has 0 bridgehead atoms. The minimum atomic E-state index is 0.593. The molecule has 1 aliphatic carbocycles. The predicted octanol–water partition coefficient (Wildman–Crippen LogP) is 4.06. The smallest absolute Gasteiger partial charge is 0.149 e.